The number of aldehydes is 1. The van der Waals surface area contributed by atoms with E-state index in [0.717, 1.165) is 11.8 Å². The fraction of sp³-hybridized carbons (Fsp3) is 0.308. The first-order chi connectivity index (χ1) is 8.70. The van der Waals surface area contributed by atoms with Gasteiger partial charge >= 0.3 is 0 Å². The number of carbonyl (C=O) groups excluding carboxylic acids is 3. The summed E-state index contributed by atoms with van der Waals surface area (Å²) in [6.07, 6.45) is 1.97. The van der Waals surface area contributed by atoms with Crippen LogP contribution in [-0.2, 0) is 20.8 Å². The lowest BCUT2D eigenvalue weighted by atomic mass is 10.1. The minimum absolute atomic E-state index is 0.0391. The maximum atomic E-state index is 11.7. The molecule has 1 aliphatic rings. The van der Waals surface area contributed by atoms with Gasteiger partial charge in [-0.3, -0.25) is 9.59 Å². The summed E-state index contributed by atoms with van der Waals surface area (Å²) >= 11 is 0. The molecule has 5 nitrogen and oxygen atoms in total. The van der Waals surface area contributed by atoms with E-state index >= 15 is 0 Å². The Balaban J connectivity index is 2.18. The molecule has 0 radical (unpaired) electrons. The number of nitrogens with zero attached hydrogens (tertiary/aromatic N) is 1. The first kappa shape index (κ1) is 12.3. The molecule has 18 heavy (non-hydrogen) atoms. The number of nitrogens with one attached hydrogen (secondary N) is 1. The Morgan fingerprint density at radius 1 is 1.33 bits per heavy atom. The van der Waals surface area contributed by atoms with Gasteiger partial charge in [-0.15, -0.1) is 0 Å². The lowest BCUT2D eigenvalue weighted by molar-refractivity contribution is -0.128. The summed E-state index contributed by atoms with van der Waals surface area (Å²) in [5, 5.41) is 2.50. The molecule has 1 aliphatic heterocycles. The van der Waals surface area contributed by atoms with Crippen LogP contribution < -0.4 is 10.2 Å². The summed E-state index contributed by atoms with van der Waals surface area (Å²) in [4.78, 5) is 34.8. The third-order valence-electron chi connectivity index (χ3n) is 2.81. The van der Waals surface area contributed by atoms with Crippen LogP contribution >= 0.6 is 0 Å². The minimum atomic E-state index is -0.159. The van der Waals surface area contributed by atoms with Crippen LogP contribution in [0.5, 0.6) is 0 Å². The molecular weight excluding hydrogens is 232 g/mol. The normalized spacial score (nSPS) is 15.4. The topological polar surface area (TPSA) is 66.5 Å². The second-order valence-corrected chi connectivity index (χ2v) is 4.13. The van der Waals surface area contributed by atoms with Gasteiger partial charge in [0.15, 0.2) is 0 Å². The van der Waals surface area contributed by atoms with Crippen molar-refractivity contribution >= 4 is 23.8 Å². The van der Waals surface area contributed by atoms with Gasteiger partial charge in [-0.25, -0.2) is 0 Å². The molecule has 1 aromatic rings. The first-order valence-electron chi connectivity index (χ1n) is 5.80. The van der Waals surface area contributed by atoms with E-state index in [1.165, 1.54) is 4.90 Å². The summed E-state index contributed by atoms with van der Waals surface area (Å²) in [6.45, 7) is 0.0906. The van der Waals surface area contributed by atoms with Crippen LogP contribution in [0, 0.1) is 0 Å². The van der Waals surface area contributed by atoms with E-state index in [2.05, 4.69) is 5.32 Å². The molecule has 5 heteroatoms. The van der Waals surface area contributed by atoms with Crippen molar-refractivity contribution in [3.63, 3.8) is 0 Å². The summed E-state index contributed by atoms with van der Waals surface area (Å²) in [6, 6.07) is 7.37. The van der Waals surface area contributed by atoms with E-state index < -0.39 is 0 Å². The largest absolute Gasteiger partial charge is 0.345 e. The number of anilines is 1. The molecule has 0 atom stereocenters. The predicted molar refractivity (Wildman–Crippen MR) is 66.2 cm³/mol. The fourth-order valence-corrected chi connectivity index (χ4v) is 1.90. The van der Waals surface area contributed by atoms with Crippen molar-refractivity contribution in [3.8, 4) is 0 Å². The zero-order valence-electron chi connectivity index (χ0n) is 9.89. The molecule has 94 valence electrons. The Bertz CT molecular complexity index is 485. The quantitative estimate of drug-likeness (QED) is 0.776. The van der Waals surface area contributed by atoms with Crippen LogP contribution in [0.1, 0.15) is 12.0 Å². The monoisotopic (exact) mass is 246 g/mol. The first-order valence-corrected chi connectivity index (χ1v) is 5.80. The maximum Gasteiger partial charge on any atom is 0.246 e. The van der Waals surface area contributed by atoms with Crippen LogP contribution in [0.4, 0.5) is 5.69 Å². The lowest BCUT2D eigenvalue weighted by Gasteiger charge is -2.26. The van der Waals surface area contributed by atoms with Crippen LogP contribution in [0.3, 0.4) is 0 Å². The highest BCUT2D eigenvalue weighted by Crippen LogP contribution is 2.18. The molecule has 0 saturated carbocycles. The maximum absolute atomic E-state index is 11.7. The van der Waals surface area contributed by atoms with Gasteiger partial charge < -0.3 is 15.0 Å². The van der Waals surface area contributed by atoms with Crippen molar-refractivity contribution < 1.29 is 14.4 Å². The van der Waals surface area contributed by atoms with Crippen LogP contribution in [0.2, 0.25) is 0 Å². The number of amides is 2. The highest BCUT2D eigenvalue weighted by atomic mass is 16.2. The minimum Gasteiger partial charge on any atom is -0.345 e. The molecule has 0 aliphatic carbocycles. The molecule has 2 amide bonds. The van der Waals surface area contributed by atoms with Gasteiger partial charge in [0.1, 0.15) is 12.8 Å². The molecule has 1 N–H and O–H groups in total. The van der Waals surface area contributed by atoms with Crippen LogP contribution in [0.15, 0.2) is 24.3 Å². The standard InChI is InChI=1S/C13H14N2O3/c16-6-2-4-10-3-1-5-11(7-10)15-9-12(17)14-8-13(15)18/h1,3,5-7H,2,4,8-9H2,(H,14,17). The molecule has 1 fully saturated rings. The number of hydrogen-bond acceptors (Lipinski definition) is 3. The highest BCUT2D eigenvalue weighted by molar-refractivity contribution is 6.04. The average molecular weight is 246 g/mol. The third-order valence-corrected chi connectivity index (χ3v) is 2.81. The molecular formula is C13H14N2O3. The smallest absolute Gasteiger partial charge is 0.246 e. The second kappa shape index (κ2) is 5.44. The van der Waals surface area contributed by atoms with Gasteiger partial charge in [-0.2, -0.15) is 0 Å². The van der Waals surface area contributed by atoms with Gasteiger partial charge in [0.2, 0.25) is 11.8 Å². The summed E-state index contributed by atoms with van der Waals surface area (Å²) in [5.41, 5.74) is 1.69. The molecule has 2 rings (SSSR count). The van der Waals surface area contributed by atoms with Crippen molar-refractivity contribution in [2.24, 2.45) is 0 Å². The second-order valence-electron chi connectivity index (χ2n) is 4.13. The van der Waals surface area contributed by atoms with Gasteiger partial charge in [0, 0.05) is 12.1 Å². The molecule has 1 saturated heterocycles. The van der Waals surface area contributed by atoms with Gasteiger partial charge in [-0.05, 0) is 24.1 Å². The molecule has 1 aromatic carbocycles. The van der Waals surface area contributed by atoms with Crippen molar-refractivity contribution in [1.29, 1.82) is 0 Å². The zero-order valence-corrected chi connectivity index (χ0v) is 9.89. The molecule has 1 heterocycles. The van der Waals surface area contributed by atoms with Crippen molar-refractivity contribution in [3.05, 3.63) is 29.8 Å². The Morgan fingerprint density at radius 3 is 2.94 bits per heavy atom. The number of benzene rings is 1. The SMILES string of the molecule is O=CCCc1cccc(N2CC(=O)NCC2=O)c1. The molecule has 0 bridgehead atoms. The Morgan fingerprint density at radius 2 is 2.17 bits per heavy atom. The lowest BCUT2D eigenvalue weighted by Crippen LogP contribution is -2.51. The third kappa shape index (κ3) is 2.74. The number of piperazine rings is 1. The van der Waals surface area contributed by atoms with Gasteiger partial charge in [-0.1, -0.05) is 12.1 Å². The summed E-state index contributed by atoms with van der Waals surface area (Å²) < 4.78 is 0. The van der Waals surface area contributed by atoms with E-state index in [1.807, 2.05) is 18.2 Å². The Kier molecular flexibility index (Phi) is 3.72. The van der Waals surface area contributed by atoms with Crippen molar-refractivity contribution in [2.75, 3.05) is 18.0 Å². The fourth-order valence-electron chi connectivity index (χ4n) is 1.90. The summed E-state index contributed by atoms with van der Waals surface area (Å²) in [7, 11) is 0. The van der Waals surface area contributed by atoms with Crippen LogP contribution in [0.25, 0.3) is 0 Å². The van der Waals surface area contributed by atoms with E-state index in [0.29, 0.717) is 18.5 Å². The van der Waals surface area contributed by atoms with Gasteiger partial charge in [0.05, 0.1) is 6.54 Å². The summed E-state index contributed by atoms with van der Waals surface area (Å²) in [5.74, 6) is -0.282. The van der Waals surface area contributed by atoms with E-state index in [4.69, 9.17) is 0 Å². The molecule has 0 aromatic heterocycles. The Labute approximate surface area is 105 Å². The van der Waals surface area contributed by atoms with Gasteiger partial charge in [0.25, 0.3) is 0 Å². The highest BCUT2D eigenvalue weighted by Gasteiger charge is 2.24. The van der Waals surface area contributed by atoms with E-state index in [9.17, 15) is 14.4 Å². The number of hydrogen-bond donors (Lipinski definition) is 1. The molecule has 0 unspecified atom stereocenters. The van der Waals surface area contributed by atoms with Crippen molar-refractivity contribution in [1.82, 2.24) is 5.32 Å². The average Bonchev–Trinajstić information content (AvgIpc) is 2.39. The number of aryl methyl sites for hydroxylation is 1. The van der Waals surface area contributed by atoms with E-state index in [-0.39, 0.29) is 24.9 Å². The van der Waals surface area contributed by atoms with Crippen molar-refractivity contribution in [2.45, 2.75) is 12.8 Å². The van der Waals surface area contributed by atoms with Crippen LogP contribution in [-0.4, -0.2) is 31.2 Å². The number of carbonyl (C=O) groups is 3. The molecule has 0 spiro atoms. The van der Waals surface area contributed by atoms with E-state index in [1.54, 1.807) is 6.07 Å². The zero-order chi connectivity index (χ0) is 13.0. The number of rotatable bonds is 4. The predicted octanol–water partition coefficient (Wildman–Crippen LogP) is 0.281. The Hall–Kier alpha value is -2.17.